The predicted octanol–water partition coefficient (Wildman–Crippen LogP) is 3.53. The minimum absolute atomic E-state index is 0.152. The number of unbranched alkanes of at least 4 members (excludes halogenated alkanes) is 3. The molecule has 0 unspecified atom stereocenters. The zero-order chi connectivity index (χ0) is 23.4. The number of carbonyl (C=O) groups is 1. The highest BCUT2D eigenvalue weighted by Gasteiger charge is 2.20. The molecule has 2 heterocycles. The Morgan fingerprint density at radius 1 is 1.15 bits per heavy atom. The molecule has 4 rings (SSSR count). The van der Waals surface area contributed by atoms with Crippen molar-refractivity contribution in [2.24, 2.45) is 5.92 Å². The van der Waals surface area contributed by atoms with Crippen molar-refractivity contribution in [1.82, 2.24) is 19.5 Å². The molecular weight excluding hydrogens is 422 g/mol. The number of fused-ring (bicyclic) bond motifs is 2. The summed E-state index contributed by atoms with van der Waals surface area (Å²) in [6.45, 7) is 3.52. The molecule has 176 valence electrons. The van der Waals surface area contributed by atoms with Crippen molar-refractivity contribution in [1.29, 1.82) is 0 Å². The second kappa shape index (κ2) is 10.1. The van der Waals surface area contributed by atoms with Gasteiger partial charge >= 0.3 is 11.7 Å². The van der Waals surface area contributed by atoms with Gasteiger partial charge in [0.05, 0.1) is 11.0 Å². The second-order valence-corrected chi connectivity index (χ2v) is 9.05. The Kier molecular flexibility index (Phi) is 7.05. The Morgan fingerprint density at radius 3 is 2.67 bits per heavy atom. The van der Waals surface area contributed by atoms with E-state index in [4.69, 9.17) is 5.11 Å². The van der Waals surface area contributed by atoms with Crippen molar-refractivity contribution in [2.75, 3.05) is 11.9 Å². The van der Waals surface area contributed by atoms with Crippen molar-refractivity contribution in [3.05, 3.63) is 38.5 Å². The summed E-state index contributed by atoms with van der Waals surface area (Å²) in [7, 11) is 0. The zero-order valence-corrected chi connectivity index (χ0v) is 19.0. The molecule has 9 nitrogen and oxygen atoms in total. The van der Waals surface area contributed by atoms with Crippen molar-refractivity contribution in [2.45, 2.75) is 71.3 Å². The van der Waals surface area contributed by atoms with Crippen LogP contribution >= 0.6 is 0 Å². The second-order valence-electron chi connectivity index (χ2n) is 9.05. The van der Waals surface area contributed by atoms with Crippen molar-refractivity contribution >= 4 is 22.7 Å². The molecule has 9 heteroatoms. The van der Waals surface area contributed by atoms with Crippen LogP contribution in [0.1, 0.15) is 63.4 Å². The van der Waals surface area contributed by atoms with E-state index in [9.17, 15) is 14.4 Å². The van der Waals surface area contributed by atoms with Gasteiger partial charge in [-0.25, -0.2) is 9.78 Å². The van der Waals surface area contributed by atoms with Crippen molar-refractivity contribution in [3.63, 3.8) is 0 Å². The average molecular weight is 454 g/mol. The summed E-state index contributed by atoms with van der Waals surface area (Å²) in [5.74, 6) is 0.193. The summed E-state index contributed by atoms with van der Waals surface area (Å²) in [6.07, 6.45) is 8.33. The first kappa shape index (κ1) is 22.9. The summed E-state index contributed by atoms with van der Waals surface area (Å²) in [4.78, 5) is 45.9. The molecule has 1 aromatic carbocycles. The molecule has 0 radical (unpaired) electrons. The fraction of sp³-hybridized carbons (Fsp3) is 0.542. The highest BCUT2D eigenvalue weighted by Crippen LogP contribution is 2.29. The molecule has 2 aliphatic heterocycles. The Balaban J connectivity index is 1.66. The largest absolute Gasteiger partial charge is 0.481 e. The van der Waals surface area contributed by atoms with Crippen LogP contribution in [0, 0.1) is 12.8 Å². The molecule has 3 aliphatic rings. The number of anilines is 1. The molecular formula is C24H31N5O4. The van der Waals surface area contributed by atoms with Gasteiger partial charge in [-0.2, -0.15) is 4.98 Å². The molecule has 0 amide bonds. The van der Waals surface area contributed by atoms with E-state index >= 15 is 0 Å². The van der Waals surface area contributed by atoms with Gasteiger partial charge in [-0.3, -0.25) is 14.6 Å². The lowest BCUT2D eigenvalue weighted by molar-refractivity contribution is -0.137. The monoisotopic (exact) mass is 453 g/mol. The number of hydrogen-bond acceptors (Lipinski definition) is 6. The highest BCUT2D eigenvalue weighted by atomic mass is 16.4. The number of aliphatic carboxylic acids is 1. The van der Waals surface area contributed by atoms with Crippen LogP contribution in [0.5, 0.6) is 0 Å². The van der Waals surface area contributed by atoms with Crippen molar-refractivity contribution in [3.8, 4) is 11.5 Å². The van der Waals surface area contributed by atoms with Gasteiger partial charge in [-0.1, -0.05) is 25.7 Å². The van der Waals surface area contributed by atoms with Gasteiger partial charge in [0.25, 0.3) is 5.56 Å². The number of rotatable bonds is 10. The summed E-state index contributed by atoms with van der Waals surface area (Å²) in [6, 6.07) is 4.02. The van der Waals surface area contributed by atoms with E-state index in [2.05, 4.69) is 20.3 Å². The molecule has 1 fully saturated rings. The molecule has 0 bridgehead atoms. The van der Waals surface area contributed by atoms with Gasteiger partial charge in [-0.15, -0.1) is 0 Å². The maximum atomic E-state index is 12.4. The Morgan fingerprint density at radius 2 is 1.91 bits per heavy atom. The summed E-state index contributed by atoms with van der Waals surface area (Å²) in [5.41, 5.74) is 2.52. The van der Waals surface area contributed by atoms with E-state index in [1.807, 2.05) is 23.6 Å². The lowest BCUT2D eigenvalue weighted by Gasteiger charge is -2.19. The minimum Gasteiger partial charge on any atom is -0.481 e. The molecule has 33 heavy (non-hydrogen) atoms. The summed E-state index contributed by atoms with van der Waals surface area (Å²) < 4.78 is 1.91. The fourth-order valence-corrected chi connectivity index (χ4v) is 4.73. The number of nitrogens with zero attached hydrogens (tertiary/aromatic N) is 3. The first-order valence-electron chi connectivity index (χ1n) is 11.8. The third-order valence-corrected chi connectivity index (χ3v) is 6.53. The Labute approximate surface area is 191 Å². The number of carboxylic acid groups (broad SMARTS) is 1. The molecule has 0 spiro atoms. The third-order valence-electron chi connectivity index (χ3n) is 6.53. The van der Waals surface area contributed by atoms with E-state index in [1.54, 1.807) is 0 Å². The van der Waals surface area contributed by atoms with Crippen molar-refractivity contribution < 1.29 is 9.90 Å². The quantitative estimate of drug-likeness (QED) is 0.316. The molecule has 0 atom stereocenters. The lowest BCUT2D eigenvalue weighted by Crippen LogP contribution is -2.29. The molecule has 1 saturated carbocycles. The maximum absolute atomic E-state index is 12.4. The van der Waals surface area contributed by atoms with Crippen LogP contribution in [0.3, 0.4) is 0 Å². The molecule has 0 saturated heterocycles. The van der Waals surface area contributed by atoms with E-state index in [-0.39, 0.29) is 17.9 Å². The lowest BCUT2D eigenvalue weighted by atomic mass is 10.1. The minimum atomic E-state index is -0.782. The number of nitrogens with one attached hydrogen (secondary N) is 2. The number of aromatic amines is 1. The van der Waals surface area contributed by atoms with Gasteiger partial charge in [0, 0.05) is 25.2 Å². The zero-order valence-electron chi connectivity index (χ0n) is 19.0. The third kappa shape index (κ3) is 5.40. The Bertz CT molecular complexity index is 1230. The number of aromatic nitrogens is 4. The van der Waals surface area contributed by atoms with Gasteiger partial charge < -0.3 is 15.0 Å². The summed E-state index contributed by atoms with van der Waals surface area (Å²) in [5, 5.41) is 12.4. The SMILES string of the molecule is Cc1cc2nc3c(=O)[nH]c(=O)nc-3n(CCCCCCC(=O)O)c2cc1NCC1CCCC1. The highest BCUT2D eigenvalue weighted by molar-refractivity contribution is 5.84. The maximum Gasteiger partial charge on any atom is 0.349 e. The first-order chi connectivity index (χ1) is 15.9. The molecule has 1 aromatic rings. The van der Waals surface area contributed by atoms with Crippen LogP contribution in [-0.2, 0) is 11.3 Å². The fourth-order valence-electron chi connectivity index (χ4n) is 4.73. The van der Waals surface area contributed by atoms with Crippen LogP contribution in [0.2, 0.25) is 0 Å². The van der Waals surface area contributed by atoms with Gasteiger partial charge in [-0.05, 0) is 56.2 Å². The molecule has 0 aromatic heterocycles. The van der Waals surface area contributed by atoms with E-state index in [0.717, 1.165) is 42.6 Å². The first-order valence-corrected chi connectivity index (χ1v) is 11.8. The topological polar surface area (TPSA) is 130 Å². The number of H-pyrrole nitrogens is 1. The van der Waals surface area contributed by atoms with Gasteiger partial charge in [0.2, 0.25) is 0 Å². The Hall–Kier alpha value is -3.23. The molecule has 1 aliphatic carbocycles. The van der Waals surface area contributed by atoms with Crippen LogP contribution in [0.15, 0.2) is 21.7 Å². The van der Waals surface area contributed by atoms with Crippen LogP contribution in [0.4, 0.5) is 5.69 Å². The normalized spacial score (nSPS) is 14.3. The van der Waals surface area contributed by atoms with E-state index in [0.29, 0.717) is 24.4 Å². The van der Waals surface area contributed by atoms with Gasteiger partial charge in [0.1, 0.15) is 0 Å². The average Bonchev–Trinajstić information content (AvgIpc) is 3.28. The smallest absolute Gasteiger partial charge is 0.349 e. The molecule has 3 N–H and O–H groups in total. The number of aryl methyl sites for hydroxylation is 2. The van der Waals surface area contributed by atoms with Gasteiger partial charge in [0.15, 0.2) is 11.5 Å². The summed E-state index contributed by atoms with van der Waals surface area (Å²) >= 11 is 0. The van der Waals surface area contributed by atoms with E-state index < -0.39 is 17.2 Å². The predicted molar refractivity (Wildman–Crippen MR) is 127 cm³/mol. The van der Waals surface area contributed by atoms with Crippen LogP contribution < -0.4 is 16.6 Å². The standard InChI is InChI=1S/C24H31N5O4/c1-15-12-18-19(13-17(15)25-14-16-8-5-6-9-16)29(11-7-3-2-4-10-20(30)31)22-21(26-18)23(32)28-24(33)27-22/h12-13,16,25H,2-11,14H2,1H3,(H,30,31)(H,28,32,33). The number of carboxylic acids is 1. The van der Waals surface area contributed by atoms with Crippen LogP contribution in [0.25, 0.3) is 22.6 Å². The number of hydrogen-bond donors (Lipinski definition) is 3. The van der Waals surface area contributed by atoms with Crippen LogP contribution in [-0.4, -0.2) is 37.1 Å². The van der Waals surface area contributed by atoms with E-state index in [1.165, 1.54) is 25.7 Å². The number of benzene rings is 1.